The quantitative estimate of drug-likeness (QED) is 0.893. The van der Waals surface area contributed by atoms with Crippen LogP contribution in [0, 0.1) is 11.3 Å². The molecule has 1 aliphatic rings. The molecule has 74 valence electrons. The fraction of sp³-hybridized carbons (Fsp3) is 0.444. The lowest BCUT2D eigenvalue weighted by atomic mass is 10.1. The maximum absolute atomic E-state index is 9.16. The molecule has 0 amide bonds. The number of hydrogen-bond acceptors (Lipinski definition) is 4. The molecule has 1 saturated heterocycles. The summed E-state index contributed by atoms with van der Waals surface area (Å²) in [6, 6.07) is 5.96. The van der Waals surface area contributed by atoms with E-state index in [1.54, 1.807) is 11.3 Å². The van der Waals surface area contributed by atoms with Crippen molar-refractivity contribution in [1.82, 2.24) is 4.90 Å². The Morgan fingerprint density at radius 1 is 1.64 bits per heavy atom. The summed E-state index contributed by atoms with van der Waals surface area (Å²) in [5, 5.41) is 18.2. The van der Waals surface area contributed by atoms with Crippen molar-refractivity contribution in [2.45, 2.75) is 12.1 Å². The van der Waals surface area contributed by atoms with Crippen LogP contribution in [0.3, 0.4) is 0 Å². The number of halogens is 1. The van der Waals surface area contributed by atoms with E-state index in [0.717, 1.165) is 8.66 Å². The Balaban J connectivity index is 2.11. The van der Waals surface area contributed by atoms with Crippen LogP contribution in [0.5, 0.6) is 0 Å². The normalized spacial score (nSPS) is 20.1. The van der Waals surface area contributed by atoms with Crippen LogP contribution in [0.25, 0.3) is 0 Å². The van der Waals surface area contributed by atoms with Gasteiger partial charge in [-0.05, 0) is 28.1 Å². The molecule has 5 heteroatoms. The molecule has 2 heterocycles. The number of hydrogen-bond donors (Lipinski definition) is 1. The molecule has 0 saturated carbocycles. The predicted molar refractivity (Wildman–Crippen MR) is 58.0 cm³/mol. The molecule has 0 aliphatic carbocycles. The van der Waals surface area contributed by atoms with E-state index in [-0.39, 0.29) is 12.1 Å². The molecule has 14 heavy (non-hydrogen) atoms. The Labute approximate surface area is 94.7 Å². The van der Waals surface area contributed by atoms with Crippen LogP contribution in [0.2, 0.25) is 0 Å². The molecule has 1 atom stereocenters. The van der Waals surface area contributed by atoms with Crippen molar-refractivity contribution in [2.75, 3.05) is 13.1 Å². The highest BCUT2D eigenvalue weighted by molar-refractivity contribution is 9.11. The van der Waals surface area contributed by atoms with Crippen LogP contribution in [-0.4, -0.2) is 29.2 Å². The Morgan fingerprint density at radius 3 is 2.79 bits per heavy atom. The molecule has 1 aromatic heterocycles. The first-order valence-corrected chi connectivity index (χ1v) is 5.88. The van der Waals surface area contributed by atoms with Crippen LogP contribution >= 0.6 is 27.3 Å². The molecule has 1 N–H and O–H groups in total. The van der Waals surface area contributed by atoms with Gasteiger partial charge >= 0.3 is 0 Å². The van der Waals surface area contributed by atoms with Crippen molar-refractivity contribution in [1.29, 1.82) is 5.26 Å². The van der Waals surface area contributed by atoms with Crippen molar-refractivity contribution in [3.8, 4) is 6.07 Å². The van der Waals surface area contributed by atoms with E-state index in [2.05, 4.69) is 22.0 Å². The summed E-state index contributed by atoms with van der Waals surface area (Å²) in [5.41, 5.74) is 0. The highest BCUT2D eigenvalue weighted by atomic mass is 79.9. The molecule has 0 aromatic carbocycles. The van der Waals surface area contributed by atoms with Crippen LogP contribution in [0.15, 0.2) is 15.9 Å². The Hall–Kier alpha value is -0.410. The van der Waals surface area contributed by atoms with E-state index in [4.69, 9.17) is 10.4 Å². The molecular formula is C9H9BrN2OS. The Kier molecular flexibility index (Phi) is 2.88. The summed E-state index contributed by atoms with van der Waals surface area (Å²) in [6.45, 7) is 1.21. The molecule has 0 radical (unpaired) electrons. The van der Waals surface area contributed by atoms with Gasteiger partial charge in [0, 0.05) is 18.0 Å². The molecule has 1 aliphatic heterocycles. The molecule has 0 bridgehead atoms. The van der Waals surface area contributed by atoms with E-state index in [1.165, 1.54) is 0 Å². The lowest BCUT2D eigenvalue weighted by molar-refractivity contribution is -0.0120. The second-order valence-corrected chi connectivity index (χ2v) is 5.78. The van der Waals surface area contributed by atoms with Crippen LogP contribution in [0.1, 0.15) is 10.9 Å². The van der Waals surface area contributed by atoms with E-state index in [0.29, 0.717) is 13.1 Å². The highest BCUT2D eigenvalue weighted by Crippen LogP contribution is 2.32. The van der Waals surface area contributed by atoms with Gasteiger partial charge in [-0.15, -0.1) is 11.3 Å². The number of aliphatic hydroxyl groups excluding tert-OH is 1. The molecule has 1 fully saturated rings. The minimum atomic E-state index is -0.255. The van der Waals surface area contributed by atoms with Gasteiger partial charge in [0.1, 0.15) is 6.04 Å². The maximum atomic E-state index is 9.16. The Bertz CT molecular complexity index is 367. The third kappa shape index (κ3) is 1.84. The van der Waals surface area contributed by atoms with Crippen LogP contribution in [-0.2, 0) is 0 Å². The largest absolute Gasteiger partial charge is 0.390 e. The SMILES string of the molecule is N#C[C@H](c1ccc(Br)s1)N1CC(O)C1. The fourth-order valence-corrected chi connectivity index (χ4v) is 3.00. The molecule has 0 spiro atoms. The van der Waals surface area contributed by atoms with Gasteiger partial charge in [-0.25, -0.2) is 0 Å². The van der Waals surface area contributed by atoms with Crippen molar-refractivity contribution in [3.05, 3.63) is 20.8 Å². The lowest BCUT2D eigenvalue weighted by Gasteiger charge is -2.38. The number of likely N-dealkylation sites (tertiary alicyclic amines) is 1. The number of thiophene rings is 1. The van der Waals surface area contributed by atoms with Gasteiger partial charge in [-0.2, -0.15) is 5.26 Å². The fourth-order valence-electron chi connectivity index (χ4n) is 1.50. The first-order chi connectivity index (χ1) is 6.70. The van der Waals surface area contributed by atoms with Crippen molar-refractivity contribution >= 4 is 27.3 Å². The van der Waals surface area contributed by atoms with Crippen molar-refractivity contribution < 1.29 is 5.11 Å². The van der Waals surface area contributed by atoms with Crippen LogP contribution in [0.4, 0.5) is 0 Å². The van der Waals surface area contributed by atoms with Gasteiger partial charge < -0.3 is 5.11 Å². The smallest absolute Gasteiger partial charge is 0.133 e. The van der Waals surface area contributed by atoms with Crippen LogP contribution < -0.4 is 0 Å². The highest BCUT2D eigenvalue weighted by Gasteiger charge is 2.32. The number of nitriles is 1. The standard InChI is InChI=1S/C9H9BrN2OS/c10-9-2-1-8(14-9)7(3-11)12-4-6(13)5-12/h1-2,6-7,13H,4-5H2/t7-/m1/s1. The van der Waals surface area contributed by atoms with Gasteiger partial charge in [0.05, 0.1) is 16.0 Å². The minimum Gasteiger partial charge on any atom is -0.390 e. The Morgan fingerprint density at radius 2 is 2.36 bits per heavy atom. The van der Waals surface area contributed by atoms with Gasteiger partial charge in [0.2, 0.25) is 0 Å². The minimum absolute atomic E-state index is 0.199. The zero-order valence-corrected chi connectivity index (χ0v) is 9.75. The van der Waals surface area contributed by atoms with E-state index >= 15 is 0 Å². The average molecular weight is 273 g/mol. The van der Waals surface area contributed by atoms with Gasteiger partial charge in [-0.1, -0.05) is 0 Å². The summed E-state index contributed by atoms with van der Waals surface area (Å²) in [4.78, 5) is 3.01. The first kappa shape index (κ1) is 10.1. The molecule has 0 unspecified atom stereocenters. The number of nitrogens with zero attached hydrogens (tertiary/aromatic N) is 2. The molecule has 2 rings (SSSR count). The number of rotatable bonds is 2. The van der Waals surface area contributed by atoms with Gasteiger partial charge in [-0.3, -0.25) is 4.90 Å². The summed E-state index contributed by atoms with van der Waals surface area (Å²) < 4.78 is 1.04. The van der Waals surface area contributed by atoms with E-state index in [1.807, 2.05) is 17.0 Å². The predicted octanol–water partition coefficient (Wildman–Crippen LogP) is 1.75. The number of aliphatic hydroxyl groups is 1. The van der Waals surface area contributed by atoms with Gasteiger partial charge in [0.15, 0.2) is 0 Å². The topological polar surface area (TPSA) is 47.3 Å². The number of β-amino-alcohol motifs (C(OH)–C–C–N with tert-alkyl or cyclic N) is 1. The zero-order valence-electron chi connectivity index (χ0n) is 7.35. The summed E-state index contributed by atoms with van der Waals surface area (Å²) in [7, 11) is 0. The molecule has 1 aromatic rings. The summed E-state index contributed by atoms with van der Waals surface area (Å²) in [6.07, 6.45) is -0.255. The van der Waals surface area contributed by atoms with Crippen molar-refractivity contribution in [2.24, 2.45) is 0 Å². The van der Waals surface area contributed by atoms with E-state index in [9.17, 15) is 0 Å². The average Bonchev–Trinajstić information content (AvgIpc) is 2.50. The summed E-state index contributed by atoms with van der Waals surface area (Å²) >= 11 is 4.94. The van der Waals surface area contributed by atoms with E-state index < -0.39 is 0 Å². The van der Waals surface area contributed by atoms with Gasteiger partial charge in [0.25, 0.3) is 0 Å². The maximum Gasteiger partial charge on any atom is 0.133 e. The molecule has 3 nitrogen and oxygen atoms in total. The first-order valence-electron chi connectivity index (χ1n) is 4.27. The third-order valence-electron chi connectivity index (χ3n) is 2.24. The monoisotopic (exact) mass is 272 g/mol. The summed E-state index contributed by atoms with van der Waals surface area (Å²) in [5.74, 6) is 0. The third-order valence-corrected chi connectivity index (χ3v) is 3.92. The molecular weight excluding hydrogens is 264 g/mol. The second kappa shape index (κ2) is 3.99. The second-order valence-electron chi connectivity index (χ2n) is 3.28. The lowest BCUT2D eigenvalue weighted by Crippen LogP contribution is -2.51. The van der Waals surface area contributed by atoms with Crippen molar-refractivity contribution in [3.63, 3.8) is 0 Å². The zero-order chi connectivity index (χ0) is 10.1.